The second kappa shape index (κ2) is 7.83. The average molecular weight is 391 g/mol. The number of aryl methyl sites for hydroxylation is 1. The highest BCUT2D eigenvalue weighted by molar-refractivity contribution is 5.93. The summed E-state index contributed by atoms with van der Waals surface area (Å²) in [6, 6.07) is 7.93. The van der Waals surface area contributed by atoms with E-state index in [-0.39, 0.29) is 30.4 Å². The largest absolute Gasteiger partial charge is 0.461 e. The van der Waals surface area contributed by atoms with Crippen molar-refractivity contribution in [3.63, 3.8) is 0 Å². The lowest BCUT2D eigenvalue weighted by atomic mass is 10.0. The Labute approximate surface area is 168 Å². The molecule has 3 heterocycles. The molecule has 4 rings (SSSR count). The van der Waals surface area contributed by atoms with Crippen LogP contribution in [0.4, 0.5) is 0 Å². The van der Waals surface area contributed by atoms with E-state index in [0.717, 1.165) is 16.9 Å². The van der Waals surface area contributed by atoms with Crippen LogP contribution in [0.15, 0.2) is 42.9 Å². The smallest absolute Gasteiger partial charge is 0.359 e. The third-order valence-corrected chi connectivity index (χ3v) is 4.87. The number of hydrogen-bond acceptors (Lipinski definition) is 6. The predicted octanol–water partition coefficient (Wildman–Crippen LogP) is 2.35. The lowest BCUT2D eigenvalue weighted by molar-refractivity contribution is 0.0513. The lowest BCUT2D eigenvalue weighted by Crippen LogP contribution is -2.37. The second-order valence-corrected chi connectivity index (χ2v) is 6.81. The molecule has 0 spiro atoms. The number of aromatic nitrogens is 4. The van der Waals surface area contributed by atoms with Crippen LogP contribution >= 0.6 is 0 Å². The topological polar surface area (TPSA) is 90.2 Å². The van der Waals surface area contributed by atoms with Crippen molar-refractivity contribution in [1.82, 2.24) is 24.6 Å². The summed E-state index contributed by atoms with van der Waals surface area (Å²) in [5.74, 6) is -0.704. The van der Waals surface area contributed by atoms with Crippen molar-refractivity contribution < 1.29 is 14.3 Å². The monoisotopic (exact) mass is 391 g/mol. The number of carbonyl (C=O) groups excluding carboxylic acids is 2. The van der Waals surface area contributed by atoms with Crippen LogP contribution in [0.25, 0.3) is 5.69 Å². The van der Waals surface area contributed by atoms with Gasteiger partial charge in [0.1, 0.15) is 5.69 Å². The Morgan fingerprint density at radius 3 is 2.66 bits per heavy atom. The normalized spacial score (nSPS) is 13.1. The zero-order valence-electron chi connectivity index (χ0n) is 16.3. The molecule has 0 aliphatic carbocycles. The Morgan fingerprint density at radius 1 is 1.17 bits per heavy atom. The van der Waals surface area contributed by atoms with E-state index in [1.807, 2.05) is 31.2 Å². The fraction of sp³-hybridized carbons (Fsp3) is 0.286. The van der Waals surface area contributed by atoms with Crippen LogP contribution in [0.2, 0.25) is 0 Å². The number of benzene rings is 1. The molecule has 8 nitrogen and oxygen atoms in total. The van der Waals surface area contributed by atoms with Crippen molar-refractivity contribution >= 4 is 11.9 Å². The van der Waals surface area contributed by atoms with Gasteiger partial charge in [-0.15, -0.1) is 0 Å². The molecule has 0 saturated heterocycles. The molecule has 148 valence electrons. The summed E-state index contributed by atoms with van der Waals surface area (Å²) in [5.41, 5.74) is 4.17. The first kappa shape index (κ1) is 18.8. The molecule has 0 bridgehead atoms. The Morgan fingerprint density at radius 2 is 1.97 bits per heavy atom. The zero-order chi connectivity index (χ0) is 20.4. The van der Waals surface area contributed by atoms with Gasteiger partial charge in [-0.3, -0.25) is 9.78 Å². The SMILES string of the molecule is CCOC(=O)c1nn(-c2ccc(C)cc2)c2c1CN(C(=O)c1cnccn1)CC2. The summed E-state index contributed by atoms with van der Waals surface area (Å²) in [7, 11) is 0. The highest BCUT2D eigenvalue weighted by Crippen LogP contribution is 2.27. The van der Waals surface area contributed by atoms with E-state index in [0.29, 0.717) is 18.5 Å². The minimum absolute atomic E-state index is 0.221. The van der Waals surface area contributed by atoms with E-state index >= 15 is 0 Å². The molecule has 1 aromatic carbocycles. The number of rotatable bonds is 4. The van der Waals surface area contributed by atoms with E-state index in [1.54, 1.807) is 16.5 Å². The van der Waals surface area contributed by atoms with E-state index in [4.69, 9.17) is 4.74 Å². The molecule has 0 saturated carbocycles. The van der Waals surface area contributed by atoms with Gasteiger partial charge in [0.2, 0.25) is 0 Å². The van der Waals surface area contributed by atoms with Crippen molar-refractivity contribution in [2.24, 2.45) is 0 Å². The van der Waals surface area contributed by atoms with Gasteiger partial charge in [0, 0.05) is 30.9 Å². The van der Waals surface area contributed by atoms with Gasteiger partial charge in [-0.05, 0) is 26.0 Å². The molecule has 0 atom stereocenters. The molecule has 0 unspecified atom stereocenters. The van der Waals surface area contributed by atoms with Crippen LogP contribution in [-0.4, -0.2) is 49.7 Å². The van der Waals surface area contributed by atoms with Crippen molar-refractivity contribution in [2.75, 3.05) is 13.2 Å². The fourth-order valence-electron chi connectivity index (χ4n) is 3.43. The maximum atomic E-state index is 12.8. The number of hydrogen-bond donors (Lipinski definition) is 0. The molecule has 0 radical (unpaired) electrons. The molecule has 1 aliphatic rings. The van der Waals surface area contributed by atoms with Gasteiger partial charge < -0.3 is 9.64 Å². The van der Waals surface area contributed by atoms with Crippen molar-refractivity contribution in [2.45, 2.75) is 26.8 Å². The molecule has 29 heavy (non-hydrogen) atoms. The number of fused-ring (bicyclic) bond motifs is 1. The summed E-state index contributed by atoms with van der Waals surface area (Å²) in [4.78, 5) is 35.1. The first-order valence-corrected chi connectivity index (χ1v) is 9.48. The third-order valence-electron chi connectivity index (χ3n) is 4.87. The standard InChI is InChI=1S/C21H21N5O3/c1-3-29-21(28)19-16-13-25(20(27)17-12-22-9-10-23-17)11-8-18(16)26(24-19)15-6-4-14(2)5-7-15/h4-7,9-10,12H,3,8,11,13H2,1-2H3. The van der Waals surface area contributed by atoms with Crippen molar-refractivity contribution in [3.8, 4) is 5.69 Å². The number of esters is 1. The minimum Gasteiger partial charge on any atom is -0.461 e. The summed E-state index contributed by atoms with van der Waals surface area (Å²) in [5, 5.41) is 4.55. The van der Waals surface area contributed by atoms with Crippen molar-refractivity contribution in [3.05, 3.63) is 71.1 Å². The van der Waals surface area contributed by atoms with Gasteiger partial charge in [-0.1, -0.05) is 17.7 Å². The van der Waals surface area contributed by atoms with Gasteiger partial charge in [-0.2, -0.15) is 5.10 Å². The second-order valence-electron chi connectivity index (χ2n) is 6.81. The maximum Gasteiger partial charge on any atom is 0.359 e. The minimum atomic E-state index is -0.483. The number of nitrogens with zero attached hydrogens (tertiary/aromatic N) is 5. The van der Waals surface area contributed by atoms with Crippen LogP contribution in [0, 0.1) is 6.92 Å². The highest BCUT2D eigenvalue weighted by atomic mass is 16.5. The van der Waals surface area contributed by atoms with Crippen LogP contribution in [0.1, 0.15) is 44.7 Å². The Bertz CT molecular complexity index is 1040. The molecule has 2 aromatic heterocycles. The van der Waals surface area contributed by atoms with Gasteiger partial charge in [0.25, 0.3) is 5.91 Å². The number of amides is 1. The lowest BCUT2D eigenvalue weighted by Gasteiger charge is -2.27. The summed E-state index contributed by atoms with van der Waals surface area (Å²) in [6.07, 6.45) is 5.03. The predicted molar refractivity (Wildman–Crippen MR) is 105 cm³/mol. The molecule has 1 amide bonds. The number of ether oxygens (including phenoxy) is 1. The molecule has 0 fully saturated rings. The van der Waals surface area contributed by atoms with Crippen molar-refractivity contribution in [1.29, 1.82) is 0 Å². The molecular weight excluding hydrogens is 370 g/mol. The fourth-order valence-corrected chi connectivity index (χ4v) is 3.43. The Hall–Kier alpha value is -3.55. The first-order chi connectivity index (χ1) is 14.1. The Balaban J connectivity index is 1.72. The quantitative estimate of drug-likeness (QED) is 0.634. The zero-order valence-corrected chi connectivity index (χ0v) is 16.3. The van der Waals surface area contributed by atoms with Gasteiger partial charge in [0.15, 0.2) is 5.69 Å². The molecule has 0 N–H and O–H groups in total. The van der Waals surface area contributed by atoms with Crippen LogP contribution in [0.3, 0.4) is 0 Å². The highest BCUT2D eigenvalue weighted by Gasteiger charge is 2.31. The maximum absolute atomic E-state index is 12.8. The van der Waals surface area contributed by atoms with Crippen LogP contribution < -0.4 is 0 Å². The van der Waals surface area contributed by atoms with Crippen LogP contribution in [0.5, 0.6) is 0 Å². The average Bonchev–Trinajstić information content (AvgIpc) is 3.13. The van der Waals surface area contributed by atoms with E-state index < -0.39 is 5.97 Å². The van der Waals surface area contributed by atoms with E-state index in [2.05, 4.69) is 15.1 Å². The van der Waals surface area contributed by atoms with Gasteiger partial charge in [0.05, 0.1) is 30.7 Å². The van der Waals surface area contributed by atoms with E-state index in [1.165, 1.54) is 18.6 Å². The van der Waals surface area contributed by atoms with Crippen LogP contribution in [-0.2, 0) is 17.7 Å². The molecular formula is C21H21N5O3. The molecule has 8 heteroatoms. The summed E-state index contributed by atoms with van der Waals surface area (Å²) >= 11 is 0. The third kappa shape index (κ3) is 3.61. The first-order valence-electron chi connectivity index (χ1n) is 9.48. The summed E-state index contributed by atoms with van der Waals surface area (Å²) in [6.45, 7) is 4.80. The van der Waals surface area contributed by atoms with Gasteiger partial charge in [-0.25, -0.2) is 14.5 Å². The summed E-state index contributed by atoms with van der Waals surface area (Å²) < 4.78 is 6.99. The van der Waals surface area contributed by atoms with E-state index in [9.17, 15) is 9.59 Å². The Kier molecular flexibility index (Phi) is 5.07. The molecule has 3 aromatic rings. The van der Waals surface area contributed by atoms with Gasteiger partial charge >= 0.3 is 5.97 Å². The number of carbonyl (C=O) groups is 2. The molecule has 1 aliphatic heterocycles.